The van der Waals surface area contributed by atoms with Crippen LogP contribution in [0.2, 0.25) is 0 Å². The second-order valence-corrected chi connectivity index (χ2v) is 0.471. The summed E-state index contributed by atoms with van der Waals surface area (Å²) in [6, 6.07) is 0. The fraction of sp³-hybridized carbons (Fsp3) is 0.333. The molecule has 0 aromatic rings. The van der Waals surface area contributed by atoms with Gasteiger partial charge in [-0.1, -0.05) is 6.08 Å². The van der Waals surface area contributed by atoms with Gasteiger partial charge in [-0.3, -0.25) is 0 Å². The Morgan fingerprint density at radius 1 is 1.80 bits per heavy atom. The third kappa shape index (κ3) is 13.8. The Balaban J connectivity index is 0. The second-order valence-electron chi connectivity index (χ2n) is 0.471. The summed E-state index contributed by atoms with van der Waals surface area (Å²) < 4.78 is 0. The van der Waals surface area contributed by atoms with Crippen molar-refractivity contribution in [1.29, 1.82) is 0 Å². The number of rotatable bonds is 1. The predicted octanol–water partition coefficient (Wildman–Crippen LogP) is -1.29. The maximum atomic E-state index is 7.76. The van der Waals surface area contributed by atoms with Crippen LogP contribution in [0.25, 0.3) is 0 Å². The molecule has 0 unspecified atom stereocenters. The molecule has 0 saturated heterocycles. The Bertz CT molecular complexity index is 20.9. The molecule has 5 heavy (non-hydrogen) atoms. The molecule has 1 nitrogen and oxygen atoms in total. The molecule has 0 rings (SSSR count). The molecular formula is C3H10GeO. The zero-order valence-corrected chi connectivity index (χ0v) is 2.44. The number of hydrogen-bond acceptors (Lipinski definition) is 1. The van der Waals surface area contributed by atoms with Gasteiger partial charge in [-0.2, -0.15) is 0 Å². The molecule has 2 heteroatoms. The topological polar surface area (TPSA) is 20.2 Å². The van der Waals surface area contributed by atoms with Gasteiger partial charge in [0, 0.05) is 0 Å². The van der Waals surface area contributed by atoms with Crippen LogP contribution in [-0.2, 0) is 0 Å². The van der Waals surface area contributed by atoms with Gasteiger partial charge in [0.1, 0.15) is 0 Å². The fourth-order valence-corrected chi connectivity index (χ4v) is 0. The Morgan fingerprint density at radius 3 is 2.00 bits per heavy atom. The monoisotopic (exact) mass is 136 g/mol. The van der Waals surface area contributed by atoms with Crippen molar-refractivity contribution in [3.8, 4) is 0 Å². The molecule has 0 aromatic carbocycles. The SMILES string of the molecule is C=CCO.[GeH4]. The van der Waals surface area contributed by atoms with Crippen molar-refractivity contribution in [2.24, 2.45) is 0 Å². The first-order valence-corrected chi connectivity index (χ1v) is 1.13. The first-order chi connectivity index (χ1) is 1.91. The van der Waals surface area contributed by atoms with Gasteiger partial charge < -0.3 is 5.11 Å². The number of aliphatic hydroxyl groups excluding tert-OH is 1. The van der Waals surface area contributed by atoms with Crippen molar-refractivity contribution in [2.75, 3.05) is 6.61 Å². The van der Waals surface area contributed by atoms with Gasteiger partial charge in [0.25, 0.3) is 0 Å². The summed E-state index contributed by atoms with van der Waals surface area (Å²) in [5.74, 6) is 0. The van der Waals surface area contributed by atoms with Crippen molar-refractivity contribution >= 4 is 17.6 Å². The van der Waals surface area contributed by atoms with Crippen LogP contribution in [0.3, 0.4) is 0 Å². The minimum atomic E-state index is 0. The van der Waals surface area contributed by atoms with E-state index in [1.54, 1.807) is 0 Å². The van der Waals surface area contributed by atoms with Crippen LogP contribution in [0.15, 0.2) is 12.7 Å². The van der Waals surface area contributed by atoms with Crippen molar-refractivity contribution in [3.63, 3.8) is 0 Å². The molecule has 1 N–H and O–H groups in total. The first-order valence-electron chi connectivity index (χ1n) is 1.13. The summed E-state index contributed by atoms with van der Waals surface area (Å²) in [5.41, 5.74) is 0. The normalized spacial score (nSPS) is 5.00. The second kappa shape index (κ2) is 8.87. The third-order valence-electron chi connectivity index (χ3n) is 0.129. The fourth-order valence-electron chi connectivity index (χ4n) is 0. The molecule has 0 heterocycles. The molecule has 0 aliphatic heterocycles. The number of hydrogen-bond donors (Lipinski definition) is 1. The summed E-state index contributed by atoms with van der Waals surface area (Å²) in [4.78, 5) is 0. The summed E-state index contributed by atoms with van der Waals surface area (Å²) in [6.45, 7) is 3.31. The minimum absolute atomic E-state index is 0. The van der Waals surface area contributed by atoms with E-state index in [1.165, 1.54) is 6.08 Å². The van der Waals surface area contributed by atoms with Gasteiger partial charge in [-0.05, 0) is 0 Å². The van der Waals surface area contributed by atoms with E-state index in [4.69, 9.17) is 5.11 Å². The van der Waals surface area contributed by atoms with Crippen LogP contribution in [-0.4, -0.2) is 29.3 Å². The van der Waals surface area contributed by atoms with E-state index in [0.717, 1.165) is 0 Å². The first kappa shape index (κ1) is 8.97. The Kier molecular flexibility index (Phi) is 15.9. The van der Waals surface area contributed by atoms with Crippen LogP contribution in [0, 0.1) is 0 Å². The molecule has 0 aromatic heterocycles. The van der Waals surface area contributed by atoms with E-state index in [-0.39, 0.29) is 24.2 Å². The van der Waals surface area contributed by atoms with Crippen LogP contribution >= 0.6 is 0 Å². The summed E-state index contributed by atoms with van der Waals surface area (Å²) in [7, 11) is 0. The average molecular weight is 135 g/mol. The molecule has 0 spiro atoms. The average Bonchev–Trinajstić information content (AvgIpc) is 1.37. The zero-order chi connectivity index (χ0) is 3.41. The zero-order valence-electron chi connectivity index (χ0n) is 2.44. The molecular weight excluding hydrogens is 125 g/mol. The van der Waals surface area contributed by atoms with Gasteiger partial charge in [0.2, 0.25) is 0 Å². The van der Waals surface area contributed by atoms with Crippen LogP contribution in [0.1, 0.15) is 0 Å². The van der Waals surface area contributed by atoms with Crippen LogP contribution < -0.4 is 0 Å². The van der Waals surface area contributed by atoms with Crippen LogP contribution in [0.5, 0.6) is 0 Å². The Morgan fingerprint density at radius 2 is 2.00 bits per heavy atom. The number of aliphatic hydroxyl groups is 1. The standard InChI is InChI=1S/C3H6O.GeH4/c1-2-3-4;/h2,4H,1,3H2;1H4. The molecule has 0 bridgehead atoms. The predicted molar refractivity (Wildman–Crippen MR) is 28.6 cm³/mol. The van der Waals surface area contributed by atoms with Gasteiger partial charge in [0.05, 0.1) is 6.61 Å². The maximum absolute atomic E-state index is 7.76. The van der Waals surface area contributed by atoms with Crippen molar-refractivity contribution in [2.45, 2.75) is 0 Å². The third-order valence-corrected chi connectivity index (χ3v) is 0.129. The molecule has 0 aliphatic rings. The summed E-state index contributed by atoms with van der Waals surface area (Å²) >= 11 is 0. The molecule has 0 radical (unpaired) electrons. The van der Waals surface area contributed by atoms with E-state index < -0.39 is 0 Å². The van der Waals surface area contributed by atoms with Crippen molar-refractivity contribution in [3.05, 3.63) is 12.7 Å². The van der Waals surface area contributed by atoms with Gasteiger partial charge in [0.15, 0.2) is 0 Å². The van der Waals surface area contributed by atoms with E-state index in [9.17, 15) is 0 Å². The molecule has 0 fully saturated rings. The molecule has 0 saturated carbocycles. The Hall–Kier alpha value is 0.243. The summed E-state index contributed by atoms with van der Waals surface area (Å²) in [5, 5.41) is 7.76. The van der Waals surface area contributed by atoms with Gasteiger partial charge >= 0.3 is 17.6 Å². The van der Waals surface area contributed by atoms with Crippen LogP contribution in [0.4, 0.5) is 0 Å². The Labute approximate surface area is 42.7 Å². The van der Waals surface area contributed by atoms with E-state index in [1.807, 2.05) is 0 Å². The van der Waals surface area contributed by atoms with Crippen molar-refractivity contribution in [1.82, 2.24) is 0 Å². The van der Waals surface area contributed by atoms with E-state index in [2.05, 4.69) is 6.58 Å². The molecule has 32 valence electrons. The molecule has 0 atom stereocenters. The van der Waals surface area contributed by atoms with E-state index >= 15 is 0 Å². The van der Waals surface area contributed by atoms with Gasteiger partial charge in [-0.15, -0.1) is 6.58 Å². The molecule has 0 aliphatic carbocycles. The van der Waals surface area contributed by atoms with Crippen molar-refractivity contribution < 1.29 is 5.11 Å². The quantitative estimate of drug-likeness (QED) is 0.350. The van der Waals surface area contributed by atoms with E-state index in [0.29, 0.717) is 0 Å². The molecule has 0 amide bonds. The summed E-state index contributed by atoms with van der Waals surface area (Å²) in [6.07, 6.45) is 1.43. The van der Waals surface area contributed by atoms with Gasteiger partial charge in [-0.25, -0.2) is 0 Å².